The second-order valence-electron chi connectivity index (χ2n) is 6.06. The summed E-state index contributed by atoms with van der Waals surface area (Å²) in [6.45, 7) is 5.51. The summed E-state index contributed by atoms with van der Waals surface area (Å²) in [5.41, 5.74) is 0. The molecule has 1 aliphatic carbocycles. The lowest BCUT2D eigenvalue weighted by Crippen LogP contribution is -2.48. The van der Waals surface area contributed by atoms with Gasteiger partial charge in [0.15, 0.2) is 0 Å². The molecule has 2 aliphatic heterocycles. The van der Waals surface area contributed by atoms with Gasteiger partial charge in [0.05, 0.1) is 12.1 Å². The van der Waals surface area contributed by atoms with E-state index < -0.39 is 0 Å². The molecule has 102 valence electrons. The molecule has 0 bridgehead atoms. The molecule has 3 rings (SSSR count). The Morgan fingerprint density at radius 3 is 3.11 bits per heavy atom. The second-order valence-corrected chi connectivity index (χ2v) is 6.06. The topological polar surface area (TPSA) is 41.6 Å². The summed E-state index contributed by atoms with van der Waals surface area (Å²) >= 11 is 0. The number of carbonyl (C=O) groups excluding carboxylic acids is 1. The highest BCUT2D eigenvalue weighted by Gasteiger charge is 2.43. The van der Waals surface area contributed by atoms with Crippen LogP contribution in [-0.4, -0.2) is 49.2 Å². The van der Waals surface area contributed by atoms with Gasteiger partial charge < -0.3 is 15.0 Å². The van der Waals surface area contributed by atoms with Gasteiger partial charge in [-0.05, 0) is 44.6 Å². The first-order valence-electron chi connectivity index (χ1n) is 7.39. The summed E-state index contributed by atoms with van der Waals surface area (Å²) in [6.07, 6.45) is 4.99. The number of carbonyl (C=O) groups is 1. The average molecular weight is 252 g/mol. The number of rotatable bonds is 1. The molecular weight excluding hydrogens is 228 g/mol. The van der Waals surface area contributed by atoms with Gasteiger partial charge in [0.2, 0.25) is 5.91 Å². The Morgan fingerprint density at radius 1 is 1.33 bits per heavy atom. The maximum absolute atomic E-state index is 12.6. The Kier molecular flexibility index (Phi) is 3.57. The van der Waals surface area contributed by atoms with E-state index >= 15 is 0 Å². The molecule has 0 aromatic rings. The molecule has 4 nitrogen and oxygen atoms in total. The molecule has 4 heteroatoms. The minimum Gasteiger partial charge on any atom is -0.377 e. The molecule has 18 heavy (non-hydrogen) atoms. The fourth-order valence-corrected chi connectivity index (χ4v) is 3.85. The van der Waals surface area contributed by atoms with E-state index in [4.69, 9.17) is 4.74 Å². The molecule has 0 spiro atoms. The van der Waals surface area contributed by atoms with Crippen molar-refractivity contribution in [2.45, 2.75) is 44.8 Å². The third-order valence-electron chi connectivity index (χ3n) is 4.78. The number of hydrogen-bond acceptors (Lipinski definition) is 3. The first kappa shape index (κ1) is 12.4. The van der Waals surface area contributed by atoms with Crippen LogP contribution in [0.1, 0.15) is 32.6 Å². The minimum atomic E-state index is 0.0859. The van der Waals surface area contributed by atoms with Crippen LogP contribution in [0.25, 0.3) is 0 Å². The van der Waals surface area contributed by atoms with Crippen LogP contribution in [0.15, 0.2) is 0 Å². The van der Waals surface area contributed by atoms with Crippen molar-refractivity contribution < 1.29 is 9.53 Å². The SMILES string of the molecule is CC1CN(C(=O)C2NCC3CCCC32)CCCO1. The quantitative estimate of drug-likeness (QED) is 0.757. The van der Waals surface area contributed by atoms with E-state index in [1.165, 1.54) is 19.3 Å². The van der Waals surface area contributed by atoms with Gasteiger partial charge in [0.25, 0.3) is 0 Å². The van der Waals surface area contributed by atoms with Crippen LogP contribution in [0, 0.1) is 11.8 Å². The van der Waals surface area contributed by atoms with Crippen molar-refractivity contribution in [2.75, 3.05) is 26.2 Å². The zero-order chi connectivity index (χ0) is 12.5. The van der Waals surface area contributed by atoms with Crippen molar-refractivity contribution in [3.8, 4) is 0 Å². The molecule has 0 aromatic carbocycles. The van der Waals surface area contributed by atoms with Gasteiger partial charge in [-0.15, -0.1) is 0 Å². The molecule has 2 heterocycles. The normalized spacial score (nSPS) is 40.6. The molecule has 1 N–H and O–H groups in total. The summed E-state index contributed by atoms with van der Waals surface area (Å²) in [5, 5.41) is 3.46. The number of hydrogen-bond donors (Lipinski definition) is 1. The molecule has 0 radical (unpaired) electrons. The Morgan fingerprint density at radius 2 is 2.22 bits per heavy atom. The van der Waals surface area contributed by atoms with Crippen molar-refractivity contribution in [1.29, 1.82) is 0 Å². The van der Waals surface area contributed by atoms with Crippen molar-refractivity contribution in [3.63, 3.8) is 0 Å². The van der Waals surface area contributed by atoms with E-state index in [1.54, 1.807) is 0 Å². The Balaban J connectivity index is 1.66. The van der Waals surface area contributed by atoms with E-state index in [0.29, 0.717) is 11.8 Å². The Labute approximate surface area is 109 Å². The zero-order valence-electron chi connectivity index (χ0n) is 11.2. The van der Waals surface area contributed by atoms with Gasteiger partial charge >= 0.3 is 0 Å². The van der Waals surface area contributed by atoms with E-state index in [1.807, 2.05) is 4.90 Å². The van der Waals surface area contributed by atoms with E-state index in [9.17, 15) is 4.79 Å². The highest BCUT2D eigenvalue weighted by molar-refractivity contribution is 5.82. The van der Waals surface area contributed by atoms with Crippen LogP contribution in [0.4, 0.5) is 0 Å². The lowest BCUT2D eigenvalue weighted by atomic mass is 9.93. The largest absolute Gasteiger partial charge is 0.377 e. The van der Waals surface area contributed by atoms with Crippen molar-refractivity contribution in [1.82, 2.24) is 10.2 Å². The lowest BCUT2D eigenvalue weighted by molar-refractivity contribution is -0.134. The third-order valence-corrected chi connectivity index (χ3v) is 4.78. The number of fused-ring (bicyclic) bond motifs is 1. The van der Waals surface area contributed by atoms with Gasteiger partial charge in [-0.25, -0.2) is 0 Å². The van der Waals surface area contributed by atoms with Crippen molar-refractivity contribution >= 4 is 5.91 Å². The molecule has 3 aliphatic rings. The molecule has 1 saturated carbocycles. The zero-order valence-corrected chi connectivity index (χ0v) is 11.2. The monoisotopic (exact) mass is 252 g/mol. The highest BCUT2D eigenvalue weighted by atomic mass is 16.5. The predicted octanol–water partition coefficient (Wildman–Crippen LogP) is 1.01. The van der Waals surface area contributed by atoms with Crippen LogP contribution in [0.5, 0.6) is 0 Å². The molecule has 0 aromatic heterocycles. The first-order chi connectivity index (χ1) is 8.75. The standard InChI is InChI=1S/C14H24N2O2/c1-10-9-16(6-3-7-18-10)14(17)13-12-5-2-4-11(12)8-15-13/h10-13,15H,2-9H2,1H3. The summed E-state index contributed by atoms with van der Waals surface area (Å²) in [5.74, 6) is 1.67. The summed E-state index contributed by atoms with van der Waals surface area (Å²) in [7, 11) is 0. The van der Waals surface area contributed by atoms with E-state index in [-0.39, 0.29) is 12.1 Å². The maximum Gasteiger partial charge on any atom is 0.240 e. The van der Waals surface area contributed by atoms with Gasteiger partial charge in [-0.2, -0.15) is 0 Å². The fourth-order valence-electron chi connectivity index (χ4n) is 3.85. The molecular formula is C14H24N2O2. The Bertz CT molecular complexity index is 321. The van der Waals surface area contributed by atoms with Gasteiger partial charge in [0, 0.05) is 19.7 Å². The van der Waals surface area contributed by atoms with Crippen LogP contribution < -0.4 is 5.32 Å². The van der Waals surface area contributed by atoms with Crippen molar-refractivity contribution in [2.24, 2.45) is 11.8 Å². The highest BCUT2D eigenvalue weighted by Crippen LogP contribution is 2.38. The molecule has 1 amide bonds. The van der Waals surface area contributed by atoms with E-state index in [0.717, 1.165) is 38.6 Å². The molecule has 4 atom stereocenters. The first-order valence-corrected chi connectivity index (χ1v) is 7.39. The van der Waals surface area contributed by atoms with Crippen LogP contribution in [0.2, 0.25) is 0 Å². The lowest BCUT2D eigenvalue weighted by Gasteiger charge is -2.27. The summed E-state index contributed by atoms with van der Waals surface area (Å²) in [6, 6.07) is 0.0859. The fraction of sp³-hybridized carbons (Fsp3) is 0.929. The summed E-state index contributed by atoms with van der Waals surface area (Å²) < 4.78 is 5.62. The third kappa shape index (κ3) is 2.28. The van der Waals surface area contributed by atoms with Crippen LogP contribution in [0.3, 0.4) is 0 Å². The Hall–Kier alpha value is -0.610. The van der Waals surface area contributed by atoms with Crippen LogP contribution >= 0.6 is 0 Å². The predicted molar refractivity (Wildman–Crippen MR) is 69.2 cm³/mol. The molecule has 2 saturated heterocycles. The number of nitrogens with zero attached hydrogens (tertiary/aromatic N) is 1. The summed E-state index contributed by atoms with van der Waals surface area (Å²) in [4.78, 5) is 14.7. The number of amides is 1. The molecule has 4 unspecified atom stereocenters. The number of nitrogens with one attached hydrogen (secondary N) is 1. The number of ether oxygens (including phenoxy) is 1. The smallest absolute Gasteiger partial charge is 0.240 e. The van der Waals surface area contributed by atoms with Gasteiger partial charge in [0.1, 0.15) is 0 Å². The molecule has 3 fully saturated rings. The second kappa shape index (κ2) is 5.17. The van der Waals surface area contributed by atoms with Gasteiger partial charge in [-0.3, -0.25) is 4.79 Å². The average Bonchev–Trinajstić information content (AvgIpc) is 2.88. The van der Waals surface area contributed by atoms with E-state index in [2.05, 4.69) is 12.2 Å². The van der Waals surface area contributed by atoms with Crippen LogP contribution in [-0.2, 0) is 9.53 Å². The van der Waals surface area contributed by atoms with Gasteiger partial charge in [-0.1, -0.05) is 6.42 Å². The minimum absolute atomic E-state index is 0.0859. The van der Waals surface area contributed by atoms with Crippen molar-refractivity contribution in [3.05, 3.63) is 0 Å². The maximum atomic E-state index is 12.6.